The first-order chi connectivity index (χ1) is 11.4. The third-order valence-electron chi connectivity index (χ3n) is 3.62. The maximum Gasteiger partial charge on any atom is 0.396 e. The Morgan fingerprint density at radius 1 is 1.12 bits per heavy atom. The van der Waals surface area contributed by atoms with Crippen LogP contribution in [0.4, 0.5) is 13.2 Å². The van der Waals surface area contributed by atoms with Gasteiger partial charge in [0.25, 0.3) is 0 Å². The first kappa shape index (κ1) is 21.0. The molecule has 0 radical (unpaired) electrons. The summed E-state index contributed by atoms with van der Waals surface area (Å²) in [5, 5.41) is 2.38. The first-order valence-electron chi connectivity index (χ1n) is 7.93. The lowest BCUT2D eigenvalue weighted by molar-refractivity contribution is -0.158. The van der Waals surface area contributed by atoms with Crippen molar-refractivity contribution < 1.29 is 27.5 Å². The van der Waals surface area contributed by atoms with E-state index < -0.39 is 36.4 Å². The van der Waals surface area contributed by atoms with Crippen LogP contribution in [0.2, 0.25) is 0 Å². The normalized spacial score (nSPS) is 14.5. The van der Waals surface area contributed by atoms with Crippen LogP contribution in [0.25, 0.3) is 0 Å². The van der Waals surface area contributed by atoms with E-state index in [1.54, 1.807) is 6.07 Å². The molecule has 1 N–H and O–H groups in total. The minimum atomic E-state index is -4.57. The molecule has 0 spiro atoms. The molecule has 0 aliphatic carbocycles. The van der Waals surface area contributed by atoms with E-state index in [9.17, 15) is 22.8 Å². The van der Waals surface area contributed by atoms with Gasteiger partial charge in [-0.2, -0.15) is 13.2 Å². The van der Waals surface area contributed by atoms with E-state index in [1.807, 2.05) is 20.8 Å². The third kappa shape index (κ3) is 7.15. The number of carbonyl (C=O) groups excluding carboxylic acids is 2. The van der Waals surface area contributed by atoms with E-state index in [1.165, 1.54) is 31.4 Å². The van der Waals surface area contributed by atoms with Gasteiger partial charge in [-0.25, -0.2) is 4.79 Å². The molecular formula is C18H24F3NO3. The summed E-state index contributed by atoms with van der Waals surface area (Å²) in [5.41, 5.74) is -0.301. The van der Waals surface area contributed by atoms with Gasteiger partial charge in [0, 0.05) is 6.42 Å². The van der Waals surface area contributed by atoms with Crippen molar-refractivity contribution in [1.82, 2.24) is 5.32 Å². The van der Waals surface area contributed by atoms with E-state index in [2.05, 4.69) is 10.1 Å². The topological polar surface area (TPSA) is 55.4 Å². The molecule has 0 aliphatic rings. The molecule has 0 saturated heterocycles. The van der Waals surface area contributed by atoms with Gasteiger partial charge in [0.15, 0.2) is 0 Å². The van der Waals surface area contributed by atoms with Crippen molar-refractivity contribution in [3.8, 4) is 0 Å². The number of ether oxygens (including phenoxy) is 1. The maximum atomic E-state index is 13.3. The number of hydrogen-bond acceptors (Lipinski definition) is 3. The van der Waals surface area contributed by atoms with Gasteiger partial charge in [0.1, 0.15) is 6.04 Å². The van der Waals surface area contributed by atoms with Gasteiger partial charge in [-0.15, -0.1) is 0 Å². The van der Waals surface area contributed by atoms with Crippen LogP contribution in [0.15, 0.2) is 30.3 Å². The number of esters is 1. The molecular weight excluding hydrogens is 335 g/mol. The van der Waals surface area contributed by atoms with Crippen LogP contribution in [0.3, 0.4) is 0 Å². The Labute approximate surface area is 145 Å². The van der Waals surface area contributed by atoms with E-state index in [4.69, 9.17) is 0 Å². The molecule has 4 nitrogen and oxygen atoms in total. The van der Waals surface area contributed by atoms with Crippen molar-refractivity contribution in [2.75, 3.05) is 7.11 Å². The van der Waals surface area contributed by atoms with Crippen LogP contribution in [-0.2, 0) is 14.3 Å². The quantitative estimate of drug-likeness (QED) is 0.786. The number of rotatable bonds is 6. The van der Waals surface area contributed by atoms with Gasteiger partial charge in [-0.05, 0) is 17.4 Å². The molecule has 140 valence electrons. The van der Waals surface area contributed by atoms with Crippen molar-refractivity contribution in [2.45, 2.75) is 51.7 Å². The average Bonchev–Trinajstić information content (AvgIpc) is 2.49. The minimum absolute atomic E-state index is 0.00981. The molecule has 1 amide bonds. The number of alkyl halides is 3. The Hall–Kier alpha value is -2.05. The lowest BCUT2D eigenvalue weighted by Crippen LogP contribution is -2.44. The molecule has 0 saturated carbocycles. The zero-order valence-electron chi connectivity index (χ0n) is 14.8. The molecule has 25 heavy (non-hydrogen) atoms. The van der Waals surface area contributed by atoms with Crippen molar-refractivity contribution in [1.29, 1.82) is 0 Å². The second kappa shape index (κ2) is 8.36. The van der Waals surface area contributed by atoms with Gasteiger partial charge in [-0.3, -0.25) is 4.79 Å². The summed E-state index contributed by atoms with van der Waals surface area (Å²) < 4.78 is 44.6. The van der Waals surface area contributed by atoms with E-state index >= 15 is 0 Å². The van der Waals surface area contributed by atoms with Gasteiger partial charge in [-0.1, -0.05) is 51.1 Å². The molecule has 0 bridgehead atoms. The summed E-state index contributed by atoms with van der Waals surface area (Å²) in [4.78, 5) is 24.0. The zero-order valence-corrected chi connectivity index (χ0v) is 14.8. The monoisotopic (exact) mass is 359 g/mol. The average molecular weight is 359 g/mol. The second-order valence-electron chi connectivity index (χ2n) is 7.12. The van der Waals surface area contributed by atoms with Crippen LogP contribution in [0.1, 0.15) is 45.1 Å². The summed E-state index contributed by atoms with van der Waals surface area (Å²) in [7, 11) is 1.17. The molecule has 1 aromatic carbocycles. The van der Waals surface area contributed by atoms with Gasteiger partial charge in [0.05, 0.1) is 13.0 Å². The summed E-state index contributed by atoms with van der Waals surface area (Å²) in [6.45, 7) is 5.58. The maximum absolute atomic E-state index is 13.3. The molecule has 0 aliphatic heterocycles. The molecule has 2 atom stereocenters. The molecule has 1 rings (SSSR count). The van der Waals surface area contributed by atoms with E-state index in [0.29, 0.717) is 0 Å². The third-order valence-corrected chi connectivity index (χ3v) is 3.62. The number of hydrogen-bond donors (Lipinski definition) is 1. The number of carbonyl (C=O) groups is 2. The fourth-order valence-electron chi connectivity index (χ4n) is 2.49. The Morgan fingerprint density at radius 2 is 1.68 bits per heavy atom. The number of benzene rings is 1. The molecule has 1 aromatic rings. The van der Waals surface area contributed by atoms with Gasteiger partial charge in [0.2, 0.25) is 5.91 Å². The lowest BCUT2D eigenvalue weighted by atomic mass is 9.87. The van der Waals surface area contributed by atoms with Crippen LogP contribution in [-0.4, -0.2) is 31.2 Å². The highest BCUT2D eigenvalue weighted by Crippen LogP contribution is 2.37. The summed E-state index contributed by atoms with van der Waals surface area (Å²) in [6.07, 6.45) is -5.10. The number of methoxy groups -OCH3 is 1. The molecule has 0 heterocycles. The highest BCUT2D eigenvalue weighted by atomic mass is 19.4. The smallest absolute Gasteiger partial charge is 0.396 e. The standard InChI is InChI=1S/C18H24F3NO3/c1-17(2,3)11-14(16(24)25-4)22-15(23)10-13(18(19,20)21)12-8-6-5-7-9-12/h5-9,13-14H,10-11H2,1-4H3,(H,22,23)/t13?,14-/m0/s1. The van der Waals surface area contributed by atoms with E-state index in [0.717, 1.165) is 0 Å². The summed E-state index contributed by atoms with van der Waals surface area (Å²) in [5.74, 6) is -3.45. The van der Waals surface area contributed by atoms with Crippen molar-refractivity contribution in [3.63, 3.8) is 0 Å². The fourth-order valence-corrected chi connectivity index (χ4v) is 2.49. The van der Waals surface area contributed by atoms with Crippen molar-refractivity contribution >= 4 is 11.9 Å². The predicted octanol–water partition coefficient (Wildman–Crippen LogP) is 3.82. The Bertz CT molecular complexity index is 579. The molecule has 7 heteroatoms. The fraction of sp³-hybridized carbons (Fsp3) is 0.556. The van der Waals surface area contributed by atoms with E-state index in [-0.39, 0.29) is 17.4 Å². The van der Waals surface area contributed by atoms with Crippen LogP contribution >= 0.6 is 0 Å². The van der Waals surface area contributed by atoms with Crippen molar-refractivity contribution in [2.24, 2.45) is 5.41 Å². The zero-order chi connectivity index (χ0) is 19.3. The Balaban J connectivity index is 2.90. The number of halogens is 3. The second-order valence-corrected chi connectivity index (χ2v) is 7.12. The minimum Gasteiger partial charge on any atom is -0.467 e. The largest absolute Gasteiger partial charge is 0.467 e. The molecule has 1 unspecified atom stereocenters. The Kier molecular flexibility index (Phi) is 7.02. The van der Waals surface area contributed by atoms with Gasteiger partial charge >= 0.3 is 12.1 Å². The highest BCUT2D eigenvalue weighted by Gasteiger charge is 2.42. The molecule has 0 aromatic heterocycles. The Morgan fingerprint density at radius 3 is 2.12 bits per heavy atom. The SMILES string of the molecule is COC(=O)[C@H](CC(C)(C)C)NC(=O)CC(c1ccccc1)C(F)(F)F. The van der Waals surface area contributed by atoms with Crippen LogP contribution in [0.5, 0.6) is 0 Å². The number of nitrogens with one attached hydrogen (secondary N) is 1. The summed E-state index contributed by atoms with van der Waals surface area (Å²) >= 11 is 0. The van der Waals surface area contributed by atoms with Gasteiger partial charge < -0.3 is 10.1 Å². The van der Waals surface area contributed by atoms with Crippen molar-refractivity contribution in [3.05, 3.63) is 35.9 Å². The highest BCUT2D eigenvalue weighted by molar-refractivity contribution is 5.84. The number of amides is 1. The summed E-state index contributed by atoms with van der Waals surface area (Å²) in [6, 6.07) is 6.26. The van der Waals surface area contributed by atoms with Crippen LogP contribution in [0, 0.1) is 5.41 Å². The molecule has 0 fully saturated rings. The van der Waals surface area contributed by atoms with Crippen LogP contribution < -0.4 is 5.32 Å². The predicted molar refractivity (Wildman–Crippen MR) is 87.9 cm³/mol. The lowest BCUT2D eigenvalue weighted by Gasteiger charge is -2.26. The first-order valence-corrected chi connectivity index (χ1v) is 7.93.